The molecule has 1 spiro atoms. The molecule has 2 rings (SSSR count). The molecule has 2 unspecified atom stereocenters. The van der Waals surface area contributed by atoms with Crippen LogP contribution in [0.1, 0.15) is 46.5 Å². The highest BCUT2D eigenvalue weighted by atomic mass is 35.5. The van der Waals surface area contributed by atoms with Gasteiger partial charge in [0.1, 0.15) is 11.0 Å². The van der Waals surface area contributed by atoms with Crippen LogP contribution in [-0.2, 0) is 20.5 Å². The number of nitrogens with zero attached hydrogens (tertiary/aromatic N) is 1. The number of ether oxygens (including phenoxy) is 1. The fourth-order valence-electron chi connectivity index (χ4n) is 2.84. The zero-order chi connectivity index (χ0) is 13.8. The number of halogens is 1. The van der Waals surface area contributed by atoms with Crippen molar-refractivity contribution in [2.75, 3.05) is 7.11 Å². The van der Waals surface area contributed by atoms with Crippen molar-refractivity contribution in [3.05, 3.63) is 0 Å². The van der Waals surface area contributed by atoms with Gasteiger partial charge in [0.15, 0.2) is 0 Å². The molecule has 1 aliphatic heterocycles. The summed E-state index contributed by atoms with van der Waals surface area (Å²) in [6.07, 6.45) is 3.66. The molecule has 2 fully saturated rings. The number of hydrogen-bond acceptors (Lipinski definition) is 3. The summed E-state index contributed by atoms with van der Waals surface area (Å²) in [6, 6.07) is 0. The molecule has 1 heterocycles. The van der Waals surface area contributed by atoms with Gasteiger partial charge in [0, 0.05) is 0 Å². The molecule has 0 N–H and O–H groups in total. The maximum absolute atomic E-state index is 12.6. The standard InChI is InChI=1S/C12H20ClNO3S/c1-10(2,3)18(16)14-11(7-5-6-8-11)12(14,13)9(15)17-4/h5-8H2,1-4H3/t12-,14?,18?/m1/s1. The lowest BCUT2D eigenvalue weighted by molar-refractivity contribution is -0.142. The fourth-order valence-corrected chi connectivity index (χ4v) is 5.16. The van der Waals surface area contributed by atoms with Gasteiger partial charge >= 0.3 is 5.97 Å². The molecule has 104 valence electrons. The molecule has 1 aliphatic carbocycles. The van der Waals surface area contributed by atoms with Crippen molar-refractivity contribution in [1.82, 2.24) is 4.31 Å². The minimum absolute atomic E-state index is 0.430. The van der Waals surface area contributed by atoms with Gasteiger partial charge in [-0.2, -0.15) is 4.31 Å². The quantitative estimate of drug-likeness (QED) is 0.339. The lowest BCUT2D eigenvalue weighted by atomic mass is 10.0. The van der Waals surface area contributed by atoms with Gasteiger partial charge in [0.2, 0.25) is 5.00 Å². The van der Waals surface area contributed by atoms with Gasteiger partial charge in [-0.1, -0.05) is 24.4 Å². The highest BCUT2D eigenvalue weighted by Crippen LogP contribution is 2.65. The van der Waals surface area contributed by atoms with Gasteiger partial charge in [-0.15, -0.1) is 0 Å². The Morgan fingerprint density at radius 1 is 1.33 bits per heavy atom. The number of carbonyl (C=O) groups excluding carboxylic acids is 1. The molecule has 1 saturated carbocycles. The first-order valence-electron chi connectivity index (χ1n) is 6.21. The summed E-state index contributed by atoms with van der Waals surface area (Å²) < 4.78 is 18.6. The minimum Gasteiger partial charge on any atom is -0.467 e. The van der Waals surface area contributed by atoms with E-state index in [-0.39, 0.29) is 0 Å². The van der Waals surface area contributed by atoms with Crippen molar-refractivity contribution in [2.24, 2.45) is 0 Å². The molecule has 1 saturated heterocycles. The molecule has 0 aromatic heterocycles. The molecule has 0 radical (unpaired) electrons. The average molecular weight is 294 g/mol. The average Bonchev–Trinajstić information content (AvgIpc) is 2.66. The second-order valence-corrected chi connectivity index (χ2v) is 8.64. The fraction of sp³-hybridized carbons (Fsp3) is 0.917. The summed E-state index contributed by atoms with van der Waals surface area (Å²) in [5, 5.41) is 0. The zero-order valence-electron chi connectivity index (χ0n) is 11.3. The second kappa shape index (κ2) is 4.18. The number of alkyl halides is 1. The third kappa shape index (κ3) is 1.67. The monoisotopic (exact) mass is 293 g/mol. The molecular formula is C12H20ClNO3S. The van der Waals surface area contributed by atoms with Crippen molar-refractivity contribution >= 4 is 28.6 Å². The van der Waals surface area contributed by atoms with Gasteiger partial charge in [-0.05, 0) is 33.6 Å². The lowest BCUT2D eigenvalue weighted by Crippen LogP contribution is -2.33. The summed E-state index contributed by atoms with van der Waals surface area (Å²) in [5.74, 6) is -0.483. The van der Waals surface area contributed by atoms with Gasteiger partial charge < -0.3 is 4.74 Å². The SMILES string of the molecule is COC(=O)[C@@]1(Cl)N(S(=O)C(C)(C)C)C12CCCC2. The number of carbonyl (C=O) groups is 1. The van der Waals surface area contributed by atoms with Crippen LogP contribution in [0.5, 0.6) is 0 Å². The van der Waals surface area contributed by atoms with Crippen LogP contribution < -0.4 is 0 Å². The van der Waals surface area contributed by atoms with E-state index in [1.807, 2.05) is 20.8 Å². The summed E-state index contributed by atoms with van der Waals surface area (Å²) in [6.45, 7) is 5.66. The van der Waals surface area contributed by atoms with Crippen LogP contribution in [-0.4, -0.2) is 36.9 Å². The van der Waals surface area contributed by atoms with E-state index >= 15 is 0 Å². The maximum Gasteiger partial charge on any atom is 0.344 e. The molecule has 0 amide bonds. The zero-order valence-corrected chi connectivity index (χ0v) is 12.9. The Morgan fingerprint density at radius 2 is 1.83 bits per heavy atom. The van der Waals surface area contributed by atoms with E-state index in [0.717, 1.165) is 25.7 Å². The molecule has 3 atom stereocenters. The maximum atomic E-state index is 12.6. The minimum atomic E-state index is -1.30. The topological polar surface area (TPSA) is 46.4 Å². The van der Waals surface area contributed by atoms with Crippen LogP contribution in [0.15, 0.2) is 0 Å². The Bertz CT molecular complexity index is 401. The summed E-state index contributed by atoms with van der Waals surface area (Å²) in [7, 11) is 0.0269. The Hall–Kier alpha value is -0.130. The number of hydrogen-bond donors (Lipinski definition) is 0. The molecule has 0 aromatic carbocycles. The molecular weight excluding hydrogens is 274 g/mol. The second-order valence-electron chi connectivity index (χ2n) is 6.01. The van der Waals surface area contributed by atoms with E-state index in [2.05, 4.69) is 0 Å². The van der Waals surface area contributed by atoms with Crippen LogP contribution in [0, 0.1) is 0 Å². The number of rotatable bonds is 2. The summed E-state index contributed by atoms with van der Waals surface area (Å²) in [5.41, 5.74) is -0.459. The third-order valence-corrected chi connectivity index (χ3v) is 6.59. The predicted octanol–water partition coefficient (Wildman–Crippen LogP) is 2.19. The Labute approximate surface area is 116 Å². The van der Waals surface area contributed by atoms with E-state index in [0.29, 0.717) is 0 Å². The highest BCUT2D eigenvalue weighted by molar-refractivity contribution is 7.84. The van der Waals surface area contributed by atoms with Crippen LogP contribution in [0.2, 0.25) is 0 Å². The van der Waals surface area contributed by atoms with Crippen molar-refractivity contribution in [2.45, 2.75) is 61.7 Å². The largest absolute Gasteiger partial charge is 0.467 e. The smallest absolute Gasteiger partial charge is 0.344 e. The molecule has 4 nitrogen and oxygen atoms in total. The molecule has 0 bridgehead atoms. The van der Waals surface area contributed by atoms with E-state index in [4.69, 9.17) is 16.3 Å². The predicted molar refractivity (Wildman–Crippen MR) is 71.5 cm³/mol. The highest BCUT2D eigenvalue weighted by Gasteiger charge is 2.82. The van der Waals surface area contributed by atoms with Crippen molar-refractivity contribution in [1.29, 1.82) is 0 Å². The van der Waals surface area contributed by atoms with Crippen LogP contribution >= 0.6 is 11.6 Å². The van der Waals surface area contributed by atoms with Crippen LogP contribution in [0.25, 0.3) is 0 Å². The lowest BCUT2D eigenvalue weighted by Gasteiger charge is -2.20. The van der Waals surface area contributed by atoms with Gasteiger partial charge in [-0.25, -0.2) is 9.00 Å². The Kier molecular flexibility index (Phi) is 3.32. The molecule has 18 heavy (non-hydrogen) atoms. The molecule has 2 aliphatic rings. The van der Waals surface area contributed by atoms with Crippen molar-refractivity contribution in [3.8, 4) is 0 Å². The van der Waals surface area contributed by atoms with E-state index in [1.54, 1.807) is 4.31 Å². The first-order chi connectivity index (χ1) is 8.22. The Balaban J connectivity index is 2.36. The van der Waals surface area contributed by atoms with Gasteiger partial charge in [-0.3, -0.25) is 0 Å². The van der Waals surface area contributed by atoms with Crippen LogP contribution in [0.3, 0.4) is 0 Å². The Morgan fingerprint density at radius 3 is 2.22 bits per heavy atom. The summed E-state index contributed by atoms with van der Waals surface area (Å²) in [4.78, 5) is 10.7. The normalized spacial score (nSPS) is 35.5. The first-order valence-corrected chi connectivity index (χ1v) is 7.70. The van der Waals surface area contributed by atoms with Crippen molar-refractivity contribution in [3.63, 3.8) is 0 Å². The van der Waals surface area contributed by atoms with Crippen molar-refractivity contribution < 1.29 is 13.7 Å². The number of esters is 1. The molecule has 0 aromatic rings. The van der Waals surface area contributed by atoms with Gasteiger partial charge in [0.05, 0.1) is 17.4 Å². The van der Waals surface area contributed by atoms with Gasteiger partial charge in [0.25, 0.3) is 0 Å². The molecule has 6 heteroatoms. The third-order valence-electron chi connectivity index (χ3n) is 3.81. The van der Waals surface area contributed by atoms with E-state index in [9.17, 15) is 9.00 Å². The summed E-state index contributed by atoms with van der Waals surface area (Å²) >= 11 is 6.48. The van der Waals surface area contributed by atoms with Crippen LogP contribution in [0.4, 0.5) is 0 Å². The first kappa shape index (κ1) is 14.3. The number of methoxy groups -OCH3 is 1. The van der Waals surface area contributed by atoms with E-state index in [1.165, 1.54) is 7.11 Å². The van der Waals surface area contributed by atoms with E-state index < -0.39 is 32.2 Å².